The fraction of sp³-hybridized carbons (Fsp3) is 0.500. The third-order valence-corrected chi connectivity index (χ3v) is 2.50. The van der Waals surface area contributed by atoms with Crippen molar-refractivity contribution in [1.82, 2.24) is 0 Å². The normalized spacial score (nSPS) is 11.6. The molecule has 0 aromatic heterocycles. The summed E-state index contributed by atoms with van der Waals surface area (Å²) in [6.07, 6.45) is 1.74. The van der Waals surface area contributed by atoms with Gasteiger partial charge in [-0.05, 0) is 23.8 Å². The smallest absolute Gasteiger partial charge is 0.0822 e. The second-order valence-corrected chi connectivity index (χ2v) is 4.06. The Kier molecular flexibility index (Phi) is 3.49. The van der Waals surface area contributed by atoms with Gasteiger partial charge in [0.2, 0.25) is 0 Å². The van der Waals surface area contributed by atoms with Gasteiger partial charge in [0.1, 0.15) is 0 Å². The predicted molar refractivity (Wildman–Crippen MR) is 54.3 cm³/mol. The third-order valence-electron chi connectivity index (χ3n) is 2.50. The van der Waals surface area contributed by atoms with E-state index in [1.165, 1.54) is 5.56 Å². The summed E-state index contributed by atoms with van der Waals surface area (Å²) in [4.78, 5) is 0. The monoisotopic (exact) mass is 177 g/mol. The first-order chi connectivity index (χ1) is 6.17. The zero-order valence-electron chi connectivity index (χ0n) is 8.42. The van der Waals surface area contributed by atoms with Crippen LogP contribution in [-0.2, 0) is 10.5 Å². The van der Waals surface area contributed by atoms with E-state index in [9.17, 15) is 5.11 Å². The first kappa shape index (κ1) is 10.3. The molecule has 0 amide bonds. The van der Waals surface area contributed by atoms with Crippen molar-refractivity contribution in [1.29, 1.82) is 0 Å². The van der Waals surface area contributed by atoms with Crippen LogP contribution < -0.4 is 0 Å². The van der Waals surface area contributed by atoms with E-state index in [1.807, 2.05) is 18.2 Å². The van der Waals surface area contributed by atoms with Crippen LogP contribution in [0.4, 0.5) is 0 Å². The van der Waals surface area contributed by atoms with Crippen LogP contribution in [0.15, 0.2) is 30.3 Å². The van der Waals surface area contributed by atoms with Crippen molar-refractivity contribution >= 4 is 0 Å². The van der Waals surface area contributed by atoms with Gasteiger partial charge in [-0.25, -0.2) is 5.11 Å². The Labute approximate surface area is 80.4 Å². The first-order valence-corrected chi connectivity index (χ1v) is 4.80. The van der Waals surface area contributed by atoms with Crippen molar-refractivity contribution in [2.45, 2.75) is 32.1 Å². The molecule has 1 aromatic carbocycles. The van der Waals surface area contributed by atoms with E-state index in [0.29, 0.717) is 0 Å². The van der Waals surface area contributed by atoms with Gasteiger partial charge in [0, 0.05) is 0 Å². The molecule has 0 heterocycles. The molecule has 0 fully saturated rings. The maximum Gasteiger partial charge on any atom is 0.0822 e. The lowest BCUT2D eigenvalue weighted by Crippen LogP contribution is -2.17. The molecule has 1 nitrogen and oxygen atoms in total. The quantitative estimate of drug-likeness (QED) is 0.673. The first-order valence-electron chi connectivity index (χ1n) is 4.80. The molecule has 0 N–H and O–H groups in total. The minimum absolute atomic E-state index is 0.0380. The van der Waals surface area contributed by atoms with Gasteiger partial charge in [0.15, 0.2) is 0 Å². The third kappa shape index (κ3) is 2.85. The van der Waals surface area contributed by atoms with Gasteiger partial charge in [-0.3, -0.25) is 0 Å². The second-order valence-electron chi connectivity index (χ2n) is 4.06. The van der Waals surface area contributed by atoms with E-state index in [2.05, 4.69) is 26.0 Å². The topological polar surface area (TPSA) is 19.9 Å². The van der Waals surface area contributed by atoms with Crippen LogP contribution >= 0.6 is 0 Å². The number of benzene rings is 1. The van der Waals surface area contributed by atoms with Crippen LogP contribution in [0.25, 0.3) is 0 Å². The van der Waals surface area contributed by atoms with Gasteiger partial charge < -0.3 is 0 Å². The minimum Gasteiger partial charge on any atom is -0.237 e. The van der Waals surface area contributed by atoms with Crippen molar-refractivity contribution in [2.24, 2.45) is 0 Å². The summed E-state index contributed by atoms with van der Waals surface area (Å²) in [7, 11) is 0. The molecule has 0 aliphatic rings. The molecular weight excluding hydrogens is 160 g/mol. The van der Waals surface area contributed by atoms with E-state index >= 15 is 0 Å². The summed E-state index contributed by atoms with van der Waals surface area (Å²) < 4.78 is 0. The summed E-state index contributed by atoms with van der Waals surface area (Å²) in [5, 5.41) is 10.4. The van der Waals surface area contributed by atoms with E-state index < -0.39 is 0 Å². The van der Waals surface area contributed by atoms with Crippen LogP contribution in [0.2, 0.25) is 0 Å². The van der Waals surface area contributed by atoms with E-state index in [-0.39, 0.29) is 12.0 Å². The summed E-state index contributed by atoms with van der Waals surface area (Å²) in [6, 6.07) is 10.4. The van der Waals surface area contributed by atoms with Crippen LogP contribution in [0.5, 0.6) is 0 Å². The molecule has 0 saturated heterocycles. The molecule has 0 atom stereocenters. The van der Waals surface area contributed by atoms with Crippen molar-refractivity contribution in [3.05, 3.63) is 35.9 Å². The Morgan fingerprint density at radius 2 is 1.77 bits per heavy atom. The number of rotatable bonds is 4. The fourth-order valence-corrected chi connectivity index (χ4v) is 1.55. The average Bonchev–Trinajstić information content (AvgIpc) is 2.16. The molecule has 1 heteroatoms. The average molecular weight is 177 g/mol. The van der Waals surface area contributed by atoms with Crippen molar-refractivity contribution in [3.63, 3.8) is 0 Å². The molecule has 1 radical (unpaired) electrons. The molecule has 0 saturated carbocycles. The fourth-order valence-electron chi connectivity index (χ4n) is 1.55. The second kappa shape index (κ2) is 4.43. The number of hydrogen-bond acceptors (Lipinski definition) is 0. The van der Waals surface area contributed by atoms with Gasteiger partial charge in [-0.1, -0.05) is 44.2 Å². The highest BCUT2D eigenvalue weighted by Gasteiger charge is 2.18. The number of hydrogen-bond donors (Lipinski definition) is 0. The summed E-state index contributed by atoms with van der Waals surface area (Å²) in [6.45, 7) is 4.42. The highest BCUT2D eigenvalue weighted by atomic mass is 16.2. The van der Waals surface area contributed by atoms with Crippen molar-refractivity contribution in [3.8, 4) is 0 Å². The molecule has 1 rings (SSSR count). The molecule has 13 heavy (non-hydrogen) atoms. The Morgan fingerprint density at radius 1 is 1.15 bits per heavy atom. The van der Waals surface area contributed by atoms with Gasteiger partial charge in [-0.15, -0.1) is 0 Å². The zero-order valence-corrected chi connectivity index (χ0v) is 8.42. The molecule has 71 valence electrons. The molecule has 0 aliphatic carbocycles. The minimum atomic E-state index is 0.0380. The Morgan fingerprint density at radius 3 is 2.31 bits per heavy atom. The Bertz CT molecular complexity index is 239. The maximum absolute atomic E-state index is 10.4. The van der Waals surface area contributed by atoms with E-state index in [1.54, 1.807) is 0 Å². The lowest BCUT2D eigenvalue weighted by atomic mass is 9.81. The molecule has 0 spiro atoms. The van der Waals surface area contributed by atoms with Crippen LogP contribution in [-0.4, -0.2) is 6.61 Å². The Balaban J connectivity index is 2.69. The molecule has 0 bridgehead atoms. The summed E-state index contributed by atoms with van der Waals surface area (Å²) >= 11 is 0. The maximum atomic E-state index is 10.4. The SMILES string of the molecule is CC(C)(CCC[O])c1ccccc1. The molecule has 0 unspecified atom stereocenters. The van der Waals surface area contributed by atoms with Crippen molar-refractivity contribution in [2.75, 3.05) is 6.61 Å². The standard InChI is InChI=1S/C12H17O/c1-12(2,9-6-10-13)11-7-4-3-5-8-11/h3-5,7-8H,6,9-10H2,1-2H3. The van der Waals surface area contributed by atoms with Gasteiger partial charge in [0.25, 0.3) is 0 Å². The van der Waals surface area contributed by atoms with E-state index in [0.717, 1.165) is 12.8 Å². The predicted octanol–water partition coefficient (Wildman–Crippen LogP) is 3.17. The van der Waals surface area contributed by atoms with Gasteiger partial charge >= 0.3 is 0 Å². The van der Waals surface area contributed by atoms with Crippen LogP contribution in [0.3, 0.4) is 0 Å². The highest BCUT2D eigenvalue weighted by molar-refractivity contribution is 5.23. The largest absolute Gasteiger partial charge is 0.237 e. The van der Waals surface area contributed by atoms with Crippen molar-refractivity contribution < 1.29 is 5.11 Å². The molecule has 1 aromatic rings. The Hall–Kier alpha value is -0.820. The van der Waals surface area contributed by atoms with Crippen LogP contribution in [0, 0.1) is 0 Å². The lowest BCUT2D eigenvalue weighted by Gasteiger charge is -2.24. The zero-order chi connectivity index (χ0) is 9.73. The highest BCUT2D eigenvalue weighted by Crippen LogP contribution is 2.27. The van der Waals surface area contributed by atoms with E-state index in [4.69, 9.17) is 0 Å². The van der Waals surface area contributed by atoms with Crippen LogP contribution in [0.1, 0.15) is 32.3 Å². The lowest BCUT2D eigenvalue weighted by molar-refractivity contribution is 0.179. The molecule has 0 aliphatic heterocycles. The molecular formula is C12H17O. The summed E-state index contributed by atoms with van der Waals surface area (Å²) in [5.74, 6) is 0. The van der Waals surface area contributed by atoms with Gasteiger partial charge in [0.05, 0.1) is 6.61 Å². The van der Waals surface area contributed by atoms with Gasteiger partial charge in [-0.2, -0.15) is 0 Å². The summed E-state index contributed by atoms with van der Waals surface area (Å²) in [5.41, 5.74) is 1.47.